The molecular formula is C20H19F6. The third-order valence-corrected chi connectivity index (χ3v) is 4.02. The van der Waals surface area contributed by atoms with Crippen LogP contribution >= 0.6 is 0 Å². The average molecular weight is 373 g/mol. The minimum atomic E-state index is -4.90. The molecule has 6 heteroatoms. The molecule has 2 aromatic rings. The van der Waals surface area contributed by atoms with Crippen LogP contribution in [-0.4, -0.2) is 0 Å². The van der Waals surface area contributed by atoms with Gasteiger partial charge < -0.3 is 0 Å². The molecule has 0 nitrogen and oxygen atoms in total. The second-order valence-electron chi connectivity index (χ2n) is 6.19. The number of hydrogen-bond acceptors (Lipinski definition) is 0. The number of aryl methyl sites for hydroxylation is 2. The number of rotatable bonds is 5. The molecule has 0 bridgehead atoms. The van der Waals surface area contributed by atoms with Gasteiger partial charge in [0.1, 0.15) is 0 Å². The second kappa shape index (κ2) is 7.72. The summed E-state index contributed by atoms with van der Waals surface area (Å²) in [7, 11) is 0. The number of benzene rings is 2. The molecule has 2 aromatic carbocycles. The van der Waals surface area contributed by atoms with E-state index in [4.69, 9.17) is 0 Å². The van der Waals surface area contributed by atoms with Crippen LogP contribution in [-0.2, 0) is 25.2 Å². The predicted octanol–water partition coefficient (Wildman–Crippen LogP) is 7.10. The minimum absolute atomic E-state index is 0.0481. The van der Waals surface area contributed by atoms with Crippen LogP contribution in [0.1, 0.15) is 48.9 Å². The molecule has 1 radical (unpaired) electrons. The van der Waals surface area contributed by atoms with E-state index in [2.05, 4.69) is 0 Å². The molecule has 0 N–H and O–H groups in total. The van der Waals surface area contributed by atoms with Gasteiger partial charge in [-0.25, -0.2) is 0 Å². The van der Waals surface area contributed by atoms with Crippen LogP contribution in [0.15, 0.2) is 30.3 Å². The first kappa shape index (κ1) is 20.3. The summed E-state index contributed by atoms with van der Waals surface area (Å²) < 4.78 is 80.5. The lowest BCUT2D eigenvalue weighted by Gasteiger charge is -2.20. The molecule has 0 aliphatic heterocycles. The Balaban J connectivity index is 2.81. The van der Waals surface area contributed by atoms with Crippen LogP contribution in [0.2, 0.25) is 0 Å². The quantitative estimate of drug-likeness (QED) is 0.491. The summed E-state index contributed by atoms with van der Waals surface area (Å²) in [4.78, 5) is 0. The smallest absolute Gasteiger partial charge is 0.166 e. The van der Waals surface area contributed by atoms with Gasteiger partial charge in [0.05, 0.1) is 11.1 Å². The lowest BCUT2D eigenvalue weighted by Crippen LogP contribution is -2.14. The molecule has 0 atom stereocenters. The molecule has 0 aliphatic rings. The Labute approximate surface area is 148 Å². The van der Waals surface area contributed by atoms with Crippen LogP contribution in [0.5, 0.6) is 0 Å². The third kappa shape index (κ3) is 4.59. The van der Waals surface area contributed by atoms with Crippen LogP contribution in [0.3, 0.4) is 0 Å². The second-order valence-corrected chi connectivity index (χ2v) is 6.19. The largest absolute Gasteiger partial charge is 0.417 e. The Morgan fingerprint density at radius 3 is 1.50 bits per heavy atom. The molecule has 0 amide bonds. The van der Waals surface area contributed by atoms with Gasteiger partial charge >= 0.3 is 12.4 Å². The summed E-state index contributed by atoms with van der Waals surface area (Å²) in [5.74, 6) is 0. The van der Waals surface area contributed by atoms with E-state index in [0.717, 1.165) is 24.0 Å². The number of halogens is 6. The van der Waals surface area contributed by atoms with Gasteiger partial charge in [-0.1, -0.05) is 44.9 Å². The Morgan fingerprint density at radius 1 is 0.731 bits per heavy atom. The van der Waals surface area contributed by atoms with Gasteiger partial charge in [0.2, 0.25) is 0 Å². The van der Waals surface area contributed by atoms with Gasteiger partial charge in [0, 0.05) is 5.56 Å². The predicted molar refractivity (Wildman–Crippen MR) is 88.7 cm³/mol. The van der Waals surface area contributed by atoms with E-state index in [1.54, 1.807) is 0 Å². The first-order chi connectivity index (χ1) is 12.1. The molecule has 2 rings (SSSR count). The summed E-state index contributed by atoms with van der Waals surface area (Å²) in [6, 6.07) is 7.87. The van der Waals surface area contributed by atoms with Crippen LogP contribution in [0.4, 0.5) is 26.3 Å². The fourth-order valence-corrected chi connectivity index (χ4v) is 3.03. The van der Waals surface area contributed by atoms with Gasteiger partial charge in [-0.05, 0) is 47.7 Å². The van der Waals surface area contributed by atoms with Crippen molar-refractivity contribution in [2.45, 2.75) is 51.9 Å². The van der Waals surface area contributed by atoms with E-state index in [9.17, 15) is 26.3 Å². The summed E-state index contributed by atoms with van der Waals surface area (Å²) in [6.07, 6.45) is -7.14. The molecule has 0 aromatic heterocycles. The molecule has 141 valence electrons. The zero-order valence-corrected chi connectivity index (χ0v) is 14.5. The first-order valence-corrected chi connectivity index (χ1v) is 8.39. The highest BCUT2D eigenvalue weighted by molar-refractivity contribution is 5.73. The van der Waals surface area contributed by atoms with E-state index in [1.165, 1.54) is 12.1 Å². The molecule has 0 aliphatic carbocycles. The summed E-state index contributed by atoms with van der Waals surface area (Å²) in [5, 5.41) is 0. The Kier molecular flexibility index (Phi) is 6.04. The molecule has 0 unspecified atom stereocenters. The highest BCUT2D eigenvalue weighted by Crippen LogP contribution is 2.44. The van der Waals surface area contributed by atoms with E-state index in [0.29, 0.717) is 25.0 Å². The summed E-state index contributed by atoms with van der Waals surface area (Å²) in [6.45, 7) is 3.82. The van der Waals surface area contributed by atoms with E-state index >= 15 is 0 Å². The van der Waals surface area contributed by atoms with E-state index in [1.807, 2.05) is 26.0 Å². The van der Waals surface area contributed by atoms with Crippen molar-refractivity contribution in [1.29, 1.82) is 0 Å². The van der Waals surface area contributed by atoms with Crippen molar-refractivity contribution >= 4 is 0 Å². The van der Waals surface area contributed by atoms with Gasteiger partial charge in [0.15, 0.2) is 0 Å². The van der Waals surface area contributed by atoms with Gasteiger partial charge in [-0.15, -0.1) is 0 Å². The fourth-order valence-electron chi connectivity index (χ4n) is 3.03. The normalized spacial score (nSPS) is 12.5. The van der Waals surface area contributed by atoms with Crippen molar-refractivity contribution in [1.82, 2.24) is 0 Å². The fraction of sp³-hybridized carbons (Fsp3) is 0.400. The van der Waals surface area contributed by atoms with Crippen LogP contribution in [0, 0.1) is 6.07 Å². The maximum absolute atomic E-state index is 13.4. The topological polar surface area (TPSA) is 0 Å². The van der Waals surface area contributed by atoms with Crippen LogP contribution < -0.4 is 0 Å². The maximum atomic E-state index is 13.4. The molecule has 0 saturated carbocycles. The summed E-state index contributed by atoms with van der Waals surface area (Å²) >= 11 is 0. The minimum Gasteiger partial charge on any atom is -0.166 e. The monoisotopic (exact) mass is 373 g/mol. The SMILES string of the molecule is CCCc1cc(CCC)cc(-c2c(C(F)(F)F)c[c]cc2C(F)(F)F)c1. The van der Waals surface area contributed by atoms with Crippen molar-refractivity contribution in [3.8, 4) is 11.1 Å². The average Bonchev–Trinajstić information content (AvgIpc) is 2.53. The van der Waals surface area contributed by atoms with Gasteiger partial charge in [0.25, 0.3) is 0 Å². The van der Waals surface area contributed by atoms with Gasteiger partial charge in [-0.3, -0.25) is 0 Å². The standard InChI is InChI=1S/C20H19F6/c1-3-6-13-10-14(7-4-2)12-15(11-13)18-16(19(21,22)23)8-5-9-17(18)20(24,25)26/h8-12H,3-4,6-7H2,1-2H3. The van der Waals surface area contributed by atoms with Crippen molar-refractivity contribution < 1.29 is 26.3 Å². The van der Waals surface area contributed by atoms with E-state index in [-0.39, 0.29) is 5.56 Å². The molecule has 26 heavy (non-hydrogen) atoms. The maximum Gasteiger partial charge on any atom is 0.417 e. The zero-order valence-electron chi connectivity index (χ0n) is 14.5. The van der Waals surface area contributed by atoms with Crippen LogP contribution in [0.25, 0.3) is 11.1 Å². The molecule has 0 fully saturated rings. The molecule has 0 heterocycles. The van der Waals surface area contributed by atoms with Crippen molar-refractivity contribution in [3.63, 3.8) is 0 Å². The Morgan fingerprint density at radius 2 is 1.15 bits per heavy atom. The number of alkyl halides is 6. The van der Waals surface area contributed by atoms with E-state index < -0.39 is 29.0 Å². The highest BCUT2D eigenvalue weighted by Gasteiger charge is 2.41. The molecular weight excluding hydrogens is 354 g/mol. The lowest BCUT2D eigenvalue weighted by atomic mass is 9.90. The third-order valence-electron chi connectivity index (χ3n) is 4.02. The van der Waals surface area contributed by atoms with Crippen molar-refractivity contribution in [2.24, 2.45) is 0 Å². The highest BCUT2D eigenvalue weighted by atomic mass is 19.4. The molecule has 0 saturated heterocycles. The Bertz CT molecular complexity index is 699. The first-order valence-electron chi connectivity index (χ1n) is 8.39. The molecule has 0 spiro atoms. The van der Waals surface area contributed by atoms with Gasteiger partial charge in [-0.2, -0.15) is 26.3 Å². The van der Waals surface area contributed by atoms with Crippen molar-refractivity contribution in [2.75, 3.05) is 0 Å². The van der Waals surface area contributed by atoms with Crippen molar-refractivity contribution in [3.05, 3.63) is 58.7 Å². The number of hydrogen-bond donors (Lipinski definition) is 0. The Hall–Kier alpha value is -1.98. The lowest BCUT2D eigenvalue weighted by molar-refractivity contribution is -0.142. The zero-order chi connectivity index (χ0) is 19.5. The summed E-state index contributed by atoms with van der Waals surface area (Å²) in [5.41, 5.74) is -2.02.